The molecule has 6 nitrogen and oxygen atoms in total. The summed E-state index contributed by atoms with van der Waals surface area (Å²) in [5.41, 5.74) is 5.14. The van der Waals surface area contributed by atoms with Gasteiger partial charge in [-0.3, -0.25) is 9.59 Å². The number of aryl methyl sites for hydroxylation is 1. The Balaban J connectivity index is 1.32. The normalized spacial score (nSPS) is 18.0. The van der Waals surface area contributed by atoms with Crippen molar-refractivity contribution in [2.24, 2.45) is 0 Å². The fraction of sp³-hybridized carbons (Fsp3) is 0.382. The van der Waals surface area contributed by atoms with Crippen molar-refractivity contribution < 1.29 is 9.59 Å². The first-order valence-corrected chi connectivity index (χ1v) is 14.8. The molecule has 0 radical (unpaired) electrons. The molecule has 1 aliphatic carbocycles. The Morgan fingerprint density at radius 3 is 2.45 bits per heavy atom. The van der Waals surface area contributed by atoms with E-state index in [1.165, 1.54) is 24.8 Å². The van der Waals surface area contributed by atoms with E-state index < -0.39 is 0 Å². The van der Waals surface area contributed by atoms with Crippen molar-refractivity contribution in [1.29, 1.82) is 0 Å². The van der Waals surface area contributed by atoms with E-state index in [4.69, 9.17) is 4.98 Å². The third kappa shape index (κ3) is 5.27. The number of imidazole rings is 1. The zero-order valence-electron chi connectivity index (χ0n) is 23.3. The van der Waals surface area contributed by atoms with Crippen LogP contribution in [0.2, 0.25) is 0 Å². The monoisotopic (exact) mass is 534 g/mol. The summed E-state index contributed by atoms with van der Waals surface area (Å²) in [5.74, 6) is 0.999. The molecular weight excluding hydrogens is 496 g/mol. The van der Waals surface area contributed by atoms with E-state index in [1.807, 2.05) is 65.6 Å². The van der Waals surface area contributed by atoms with Crippen LogP contribution in [0.5, 0.6) is 0 Å². The van der Waals surface area contributed by atoms with Gasteiger partial charge < -0.3 is 14.4 Å². The molecule has 6 rings (SSSR count). The summed E-state index contributed by atoms with van der Waals surface area (Å²) < 4.78 is 2.09. The molecule has 0 bridgehead atoms. The van der Waals surface area contributed by atoms with Crippen LogP contribution in [0.25, 0.3) is 11.0 Å². The van der Waals surface area contributed by atoms with Crippen LogP contribution in [0, 0.1) is 0 Å². The number of para-hydroxylation sites is 3. The first kappa shape index (κ1) is 26.3. The molecule has 2 aliphatic rings. The highest BCUT2D eigenvalue weighted by Gasteiger charge is 2.36. The van der Waals surface area contributed by atoms with Crippen LogP contribution < -0.4 is 4.90 Å². The molecule has 1 aliphatic heterocycles. The Labute approximate surface area is 236 Å². The van der Waals surface area contributed by atoms with Gasteiger partial charge in [0.1, 0.15) is 12.4 Å². The van der Waals surface area contributed by atoms with E-state index in [2.05, 4.69) is 34.6 Å². The van der Waals surface area contributed by atoms with Crippen molar-refractivity contribution in [2.45, 2.75) is 76.9 Å². The molecule has 6 heteroatoms. The molecule has 206 valence electrons. The average molecular weight is 535 g/mol. The van der Waals surface area contributed by atoms with E-state index in [0.717, 1.165) is 47.4 Å². The van der Waals surface area contributed by atoms with Crippen LogP contribution >= 0.6 is 0 Å². The SMILES string of the molecule is CCc1ccccc1N1CC(c2nc3ccccc3n2CC(=O)N(Cc2ccccc2)C2CCCCC2)CC1=O. The molecule has 2 fully saturated rings. The van der Waals surface area contributed by atoms with Crippen molar-refractivity contribution in [3.05, 3.63) is 95.8 Å². The van der Waals surface area contributed by atoms with E-state index >= 15 is 0 Å². The number of aromatic nitrogens is 2. The first-order chi connectivity index (χ1) is 19.6. The number of carbonyl (C=O) groups excluding carboxylic acids is 2. The standard InChI is InChI=1S/C34H38N4O2/c1-2-26-15-9-11-19-30(26)37-23-27(21-32(37)39)34-35-29-18-10-12-20-31(29)38(34)24-33(40)36(28-16-7-4-8-17-28)22-25-13-5-3-6-14-25/h3,5-6,9-15,18-20,27-28H,2,4,7-8,16-17,21-24H2,1H3. The number of fused-ring (bicyclic) bond motifs is 1. The van der Waals surface area contributed by atoms with E-state index in [1.54, 1.807) is 0 Å². The van der Waals surface area contributed by atoms with Gasteiger partial charge in [-0.25, -0.2) is 4.98 Å². The highest BCUT2D eigenvalue weighted by Crippen LogP contribution is 2.35. The van der Waals surface area contributed by atoms with Gasteiger partial charge in [-0.15, -0.1) is 0 Å². The predicted octanol–water partition coefficient (Wildman–Crippen LogP) is 6.48. The maximum atomic E-state index is 14.2. The molecule has 2 heterocycles. The van der Waals surface area contributed by atoms with Gasteiger partial charge in [-0.1, -0.05) is 86.8 Å². The van der Waals surface area contributed by atoms with E-state index in [-0.39, 0.29) is 30.3 Å². The number of nitrogens with zero attached hydrogens (tertiary/aromatic N) is 4. The van der Waals surface area contributed by atoms with Gasteiger partial charge in [0.2, 0.25) is 11.8 Å². The second-order valence-corrected chi connectivity index (χ2v) is 11.2. The maximum absolute atomic E-state index is 14.2. The summed E-state index contributed by atoms with van der Waals surface area (Å²) in [5, 5.41) is 0. The molecule has 3 aromatic carbocycles. The minimum atomic E-state index is -0.0742. The van der Waals surface area contributed by atoms with Crippen LogP contribution in [-0.2, 0) is 29.1 Å². The smallest absolute Gasteiger partial charge is 0.243 e. The fourth-order valence-corrected chi connectivity index (χ4v) is 6.58. The lowest BCUT2D eigenvalue weighted by atomic mass is 9.93. The van der Waals surface area contributed by atoms with Crippen LogP contribution in [0.15, 0.2) is 78.9 Å². The first-order valence-electron chi connectivity index (χ1n) is 14.8. The lowest BCUT2D eigenvalue weighted by Crippen LogP contribution is -2.42. The number of rotatable bonds is 8. The largest absolute Gasteiger partial charge is 0.334 e. The zero-order valence-corrected chi connectivity index (χ0v) is 23.3. The highest BCUT2D eigenvalue weighted by atomic mass is 16.2. The van der Waals surface area contributed by atoms with Crippen molar-refractivity contribution in [3.63, 3.8) is 0 Å². The summed E-state index contributed by atoms with van der Waals surface area (Å²) >= 11 is 0. The molecule has 0 N–H and O–H groups in total. The van der Waals surface area contributed by atoms with E-state index in [0.29, 0.717) is 19.5 Å². The van der Waals surface area contributed by atoms with Crippen molar-refractivity contribution in [3.8, 4) is 0 Å². The molecule has 1 aromatic heterocycles. The van der Waals surface area contributed by atoms with Crippen LogP contribution in [-0.4, -0.2) is 38.9 Å². The maximum Gasteiger partial charge on any atom is 0.243 e. The Morgan fingerprint density at radius 2 is 1.65 bits per heavy atom. The molecule has 40 heavy (non-hydrogen) atoms. The molecule has 2 amide bonds. The van der Waals surface area contributed by atoms with Crippen molar-refractivity contribution in [1.82, 2.24) is 14.5 Å². The molecule has 1 saturated carbocycles. The van der Waals surface area contributed by atoms with Gasteiger partial charge in [-0.05, 0) is 48.6 Å². The van der Waals surface area contributed by atoms with Gasteiger partial charge in [0.15, 0.2) is 0 Å². The summed E-state index contributed by atoms with van der Waals surface area (Å²) in [6, 6.07) is 26.8. The topological polar surface area (TPSA) is 58.4 Å². The Morgan fingerprint density at radius 1 is 0.925 bits per heavy atom. The molecule has 1 atom stereocenters. The third-order valence-corrected chi connectivity index (χ3v) is 8.66. The fourth-order valence-electron chi connectivity index (χ4n) is 6.58. The Kier molecular flexibility index (Phi) is 7.67. The van der Waals surface area contributed by atoms with Gasteiger partial charge in [0.25, 0.3) is 0 Å². The van der Waals surface area contributed by atoms with Crippen LogP contribution in [0.3, 0.4) is 0 Å². The molecule has 0 spiro atoms. The Hall–Kier alpha value is -3.93. The van der Waals surface area contributed by atoms with Crippen LogP contribution in [0.1, 0.15) is 68.3 Å². The number of benzene rings is 3. The minimum absolute atomic E-state index is 0.0742. The second kappa shape index (κ2) is 11.7. The third-order valence-electron chi connectivity index (χ3n) is 8.66. The van der Waals surface area contributed by atoms with Crippen LogP contribution in [0.4, 0.5) is 5.69 Å². The summed E-state index contributed by atoms with van der Waals surface area (Å²) in [6.45, 7) is 3.55. The van der Waals surface area contributed by atoms with Crippen molar-refractivity contribution in [2.75, 3.05) is 11.4 Å². The van der Waals surface area contributed by atoms with Gasteiger partial charge in [0.05, 0.1) is 11.0 Å². The quantitative estimate of drug-likeness (QED) is 0.260. The predicted molar refractivity (Wildman–Crippen MR) is 159 cm³/mol. The molecule has 1 unspecified atom stereocenters. The number of carbonyl (C=O) groups is 2. The number of amides is 2. The zero-order chi connectivity index (χ0) is 27.5. The van der Waals surface area contributed by atoms with Gasteiger partial charge in [-0.2, -0.15) is 0 Å². The summed E-state index contributed by atoms with van der Waals surface area (Å²) in [6.07, 6.45) is 6.96. The molecule has 1 saturated heterocycles. The van der Waals surface area contributed by atoms with E-state index in [9.17, 15) is 9.59 Å². The Bertz CT molecular complexity index is 1490. The molecule has 4 aromatic rings. The lowest BCUT2D eigenvalue weighted by molar-refractivity contribution is -0.135. The minimum Gasteiger partial charge on any atom is -0.334 e. The summed E-state index contributed by atoms with van der Waals surface area (Å²) in [4.78, 5) is 36.5. The molecular formula is C34H38N4O2. The number of hydrogen-bond donors (Lipinski definition) is 0. The lowest BCUT2D eigenvalue weighted by Gasteiger charge is -2.35. The van der Waals surface area contributed by atoms with Crippen molar-refractivity contribution >= 4 is 28.5 Å². The number of anilines is 1. The van der Waals surface area contributed by atoms with Gasteiger partial charge in [0, 0.05) is 37.2 Å². The summed E-state index contributed by atoms with van der Waals surface area (Å²) in [7, 11) is 0. The number of hydrogen-bond acceptors (Lipinski definition) is 3. The second-order valence-electron chi connectivity index (χ2n) is 11.2. The highest BCUT2D eigenvalue weighted by molar-refractivity contribution is 5.97. The average Bonchev–Trinajstić information content (AvgIpc) is 3.57. The van der Waals surface area contributed by atoms with Gasteiger partial charge >= 0.3 is 0 Å².